The number of carboxylic acid groups (broad SMARTS) is 1. The fourth-order valence-corrected chi connectivity index (χ4v) is 2.13. The van der Waals surface area contributed by atoms with Gasteiger partial charge < -0.3 is 10.4 Å². The number of hydrogen-bond acceptors (Lipinski definition) is 2. The van der Waals surface area contributed by atoms with Crippen molar-refractivity contribution < 1.29 is 9.90 Å². The normalized spacial score (nSPS) is 26.1. The summed E-state index contributed by atoms with van der Waals surface area (Å²) < 4.78 is 0. The fourth-order valence-electron chi connectivity index (χ4n) is 2.13. The highest BCUT2D eigenvalue weighted by molar-refractivity contribution is 5.73. The Bertz CT molecular complexity index is 337. The van der Waals surface area contributed by atoms with Gasteiger partial charge in [-0.05, 0) is 30.9 Å². The molecule has 0 aliphatic carbocycles. The first-order chi connectivity index (χ1) is 7.27. The van der Waals surface area contributed by atoms with Crippen LogP contribution in [0, 0.1) is 0 Å². The van der Waals surface area contributed by atoms with Crippen molar-refractivity contribution in [3.8, 4) is 0 Å². The number of hydrogen-bond donors (Lipinski definition) is 2. The first-order valence-corrected chi connectivity index (χ1v) is 5.28. The maximum absolute atomic E-state index is 10.9. The van der Waals surface area contributed by atoms with E-state index in [9.17, 15) is 4.79 Å². The zero-order chi connectivity index (χ0) is 10.7. The standard InChI is InChI=1S/C12H15NO2/c14-12(15)11-8-10(6-7-13-11)9-4-2-1-3-5-9/h1-5,10-11,13H,6-8H2,(H,14,15)/t10-,11-/m1/s1. The van der Waals surface area contributed by atoms with Crippen molar-refractivity contribution in [3.63, 3.8) is 0 Å². The lowest BCUT2D eigenvalue weighted by Crippen LogP contribution is -2.42. The molecule has 0 spiro atoms. The highest BCUT2D eigenvalue weighted by Crippen LogP contribution is 2.27. The quantitative estimate of drug-likeness (QED) is 0.771. The van der Waals surface area contributed by atoms with Crippen molar-refractivity contribution in [1.82, 2.24) is 5.32 Å². The summed E-state index contributed by atoms with van der Waals surface area (Å²) in [6.45, 7) is 0.788. The van der Waals surface area contributed by atoms with E-state index < -0.39 is 5.97 Å². The summed E-state index contributed by atoms with van der Waals surface area (Å²) in [7, 11) is 0. The predicted octanol–water partition coefficient (Wildman–Crippen LogP) is 1.61. The average Bonchev–Trinajstić information content (AvgIpc) is 2.30. The Morgan fingerprint density at radius 3 is 2.73 bits per heavy atom. The van der Waals surface area contributed by atoms with Gasteiger partial charge >= 0.3 is 5.97 Å². The van der Waals surface area contributed by atoms with Crippen LogP contribution in [0.3, 0.4) is 0 Å². The molecule has 1 fully saturated rings. The highest BCUT2D eigenvalue weighted by Gasteiger charge is 2.26. The largest absolute Gasteiger partial charge is 0.480 e. The smallest absolute Gasteiger partial charge is 0.320 e. The van der Waals surface area contributed by atoms with Crippen LogP contribution in [0.5, 0.6) is 0 Å². The zero-order valence-electron chi connectivity index (χ0n) is 8.52. The molecule has 2 N–H and O–H groups in total. The van der Waals surface area contributed by atoms with Gasteiger partial charge in [-0.25, -0.2) is 0 Å². The number of benzene rings is 1. The van der Waals surface area contributed by atoms with E-state index in [-0.39, 0.29) is 6.04 Å². The fraction of sp³-hybridized carbons (Fsp3) is 0.417. The summed E-state index contributed by atoms with van der Waals surface area (Å²) in [4.78, 5) is 10.9. The molecule has 1 aromatic rings. The Morgan fingerprint density at radius 2 is 2.07 bits per heavy atom. The van der Waals surface area contributed by atoms with E-state index in [0.29, 0.717) is 12.3 Å². The molecule has 2 atom stereocenters. The van der Waals surface area contributed by atoms with Gasteiger partial charge in [0.05, 0.1) is 0 Å². The molecule has 0 bridgehead atoms. The molecule has 2 rings (SSSR count). The predicted molar refractivity (Wildman–Crippen MR) is 57.8 cm³/mol. The molecule has 0 radical (unpaired) electrons. The Labute approximate surface area is 89.1 Å². The summed E-state index contributed by atoms with van der Waals surface area (Å²) in [5.74, 6) is -0.357. The molecule has 80 valence electrons. The first kappa shape index (κ1) is 10.2. The molecular weight excluding hydrogens is 190 g/mol. The van der Waals surface area contributed by atoms with Crippen molar-refractivity contribution in [2.45, 2.75) is 24.8 Å². The van der Waals surface area contributed by atoms with Crippen molar-refractivity contribution in [2.75, 3.05) is 6.54 Å². The molecule has 0 amide bonds. The summed E-state index contributed by atoms with van der Waals surface area (Å²) in [5.41, 5.74) is 1.25. The maximum Gasteiger partial charge on any atom is 0.320 e. The van der Waals surface area contributed by atoms with Crippen LogP contribution < -0.4 is 5.32 Å². The first-order valence-electron chi connectivity index (χ1n) is 5.28. The van der Waals surface area contributed by atoms with Crippen molar-refractivity contribution in [2.24, 2.45) is 0 Å². The van der Waals surface area contributed by atoms with E-state index >= 15 is 0 Å². The molecule has 0 saturated carbocycles. The number of nitrogens with one attached hydrogen (secondary N) is 1. The highest BCUT2D eigenvalue weighted by atomic mass is 16.4. The van der Waals surface area contributed by atoms with Crippen LogP contribution in [0.25, 0.3) is 0 Å². The lowest BCUT2D eigenvalue weighted by atomic mass is 9.86. The number of aliphatic carboxylic acids is 1. The molecule has 1 aromatic carbocycles. The number of carboxylic acids is 1. The molecule has 1 saturated heterocycles. The Morgan fingerprint density at radius 1 is 1.33 bits per heavy atom. The van der Waals surface area contributed by atoms with Crippen LogP contribution in [-0.2, 0) is 4.79 Å². The van der Waals surface area contributed by atoms with E-state index in [1.807, 2.05) is 18.2 Å². The Balaban J connectivity index is 2.08. The second kappa shape index (κ2) is 4.45. The van der Waals surface area contributed by atoms with E-state index in [1.165, 1.54) is 5.56 Å². The number of piperidine rings is 1. The molecule has 1 aliphatic heterocycles. The molecule has 0 unspecified atom stereocenters. The summed E-state index contributed by atoms with van der Waals surface area (Å²) >= 11 is 0. The Hall–Kier alpha value is -1.35. The van der Waals surface area contributed by atoms with Gasteiger partial charge in [-0.15, -0.1) is 0 Å². The molecule has 3 nitrogen and oxygen atoms in total. The minimum atomic E-state index is -0.740. The molecule has 0 aromatic heterocycles. The summed E-state index contributed by atoms with van der Waals surface area (Å²) in [6.07, 6.45) is 1.72. The van der Waals surface area contributed by atoms with Crippen molar-refractivity contribution in [3.05, 3.63) is 35.9 Å². The molecule has 15 heavy (non-hydrogen) atoms. The van der Waals surface area contributed by atoms with E-state index in [1.54, 1.807) is 0 Å². The van der Waals surface area contributed by atoms with Crippen LogP contribution >= 0.6 is 0 Å². The second-order valence-electron chi connectivity index (χ2n) is 3.98. The summed E-state index contributed by atoms with van der Waals surface area (Å²) in [5, 5.41) is 12.0. The minimum Gasteiger partial charge on any atom is -0.480 e. The molecule has 1 heterocycles. The van der Waals surface area contributed by atoms with Crippen LogP contribution in [0.2, 0.25) is 0 Å². The monoisotopic (exact) mass is 205 g/mol. The second-order valence-corrected chi connectivity index (χ2v) is 3.98. The number of carbonyl (C=O) groups is 1. The van der Waals surface area contributed by atoms with Gasteiger partial charge in [0.1, 0.15) is 6.04 Å². The van der Waals surface area contributed by atoms with Crippen LogP contribution in [0.1, 0.15) is 24.3 Å². The van der Waals surface area contributed by atoms with Gasteiger partial charge in [0.15, 0.2) is 0 Å². The van der Waals surface area contributed by atoms with Crippen molar-refractivity contribution in [1.29, 1.82) is 0 Å². The Kier molecular flexibility index (Phi) is 3.02. The van der Waals surface area contributed by atoms with E-state index in [4.69, 9.17) is 5.11 Å². The average molecular weight is 205 g/mol. The SMILES string of the molecule is O=C(O)[C@H]1C[C@H](c2ccccc2)CCN1. The van der Waals surface area contributed by atoms with Gasteiger partial charge in [0.2, 0.25) is 0 Å². The zero-order valence-corrected chi connectivity index (χ0v) is 8.52. The molecule has 3 heteroatoms. The van der Waals surface area contributed by atoms with E-state index in [2.05, 4.69) is 17.4 Å². The third-order valence-electron chi connectivity index (χ3n) is 2.97. The lowest BCUT2D eigenvalue weighted by molar-refractivity contribution is -0.140. The van der Waals surface area contributed by atoms with Crippen LogP contribution in [-0.4, -0.2) is 23.7 Å². The summed E-state index contributed by atoms with van der Waals surface area (Å²) in [6, 6.07) is 9.77. The van der Waals surface area contributed by atoms with Gasteiger partial charge in [-0.3, -0.25) is 4.79 Å². The molecular formula is C12H15NO2. The van der Waals surface area contributed by atoms with Crippen LogP contribution in [0.4, 0.5) is 0 Å². The van der Waals surface area contributed by atoms with Gasteiger partial charge in [-0.2, -0.15) is 0 Å². The third kappa shape index (κ3) is 2.36. The van der Waals surface area contributed by atoms with Crippen molar-refractivity contribution >= 4 is 5.97 Å². The molecule has 1 aliphatic rings. The van der Waals surface area contributed by atoms with Gasteiger partial charge in [-0.1, -0.05) is 30.3 Å². The van der Waals surface area contributed by atoms with E-state index in [0.717, 1.165) is 13.0 Å². The third-order valence-corrected chi connectivity index (χ3v) is 2.97. The van der Waals surface area contributed by atoms with Crippen LogP contribution in [0.15, 0.2) is 30.3 Å². The van der Waals surface area contributed by atoms with Gasteiger partial charge in [0.25, 0.3) is 0 Å². The number of rotatable bonds is 2. The van der Waals surface area contributed by atoms with Gasteiger partial charge in [0, 0.05) is 0 Å². The lowest BCUT2D eigenvalue weighted by Gasteiger charge is -2.28. The topological polar surface area (TPSA) is 49.3 Å². The minimum absolute atomic E-state index is 0.383. The maximum atomic E-state index is 10.9.